The number of phenols is 1. The van der Waals surface area contributed by atoms with Crippen LogP contribution < -0.4 is 10.6 Å². The molecule has 0 bridgehead atoms. The molecular formula is C21H14FIN2O4. The summed E-state index contributed by atoms with van der Waals surface area (Å²) >= 11 is 2.10. The summed E-state index contributed by atoms with van der Waals surface area (Å²) in [5, 5.41) is 15.4. The lowest BCUT2D eigenvalue weighted by Crippen LogP contribution is -2.37. The molecule has 29 heavy (non-hydrogen) atoms. The number of aromatic hydroxyl groups is 1. The van der Waals surface area contributed by atoms with E-state index in [2.05, 4.69) is 33.2 Å². The van der Waals surface area contributed by atoms with Crippen molar-refractivity contribution in [3.8, 4) is 16.9 Å². The molecule has 0 spiro atoms. The number of hydrogen-bond donors (Lipinski definition) is 3. The maximum atomic E-state index is 14.5. The van der Waals surface area contributed by atoms with Gasteiger partial charge in [0.2, 0.25) is 0 Å². The quantitative estimate of drug-likeness (QED) is 0.286. The van der Waals surface area contributed by atoms with Gasteiger partial charge in [-0.2, -0.15) is 0 Å². The summed E-state index contributed by atoms with van der Waals surface area (Å²) in [4.78, 5) is 24.2. The molecule has 6 nitrogen and oxygen atoms in total. The number of halogens is 2. The van der Waals surface area contributed by atoms with Crippen molar-refractivity contribution in [2.24, 2.45) is 0 Å². The van der Waals surface area contributed by atoms with Crippen LogP contribution in [0.5, 0.6) is 5.75 Å². The average molecular weight is 504 g/mol. The van der Waals surface area contributed by atoms with Crippen LogP contribution in [-0.2, 0) is 11.3 Å². The van der Waals surface area contributed by atoms with Gasteiger partial charge in [0, 0.05) is 44.1 Å². The lowest BCUT2D eigenvalue weighted by molar-refractivity contribution is -0.114. The molecule has 1 aliphatic rings. The van der Waals surface area contributed by atoms with Crippen molar-refractivity contribution in [1.82, 2.24) is 10.6 Å². The minimum Gasteiger partial charge on any atom is -0.507 e. The molecule has 0 fully saturated rings. The first kappa shape index (κ1) is 19.2. The molecule has 4 rings (SSSR count). The van der Waals surface area contributed by atoms with Gasteiger partial charge in [-0.15, -0.1) is 0 Å². The second-order valence-corrected chi connectivity index (χ2v) is 7.63. The molecule has 0 atom stereocenters. The lowest BCUT2D eigenvalue weighted by Gasteiger charge is -2.18. The average Bonchev–Trinajstić information content (AvgIpc) is 3.21. The van der Waals surface area contributed by atoms with Gasteiger partial charge in [0.25, 0.3) is 11.8 Å². The van der Waals surface area contributed by atoms with Crippen LogP contribution in [0.25, 0.3) is 16.7 Å². The molecule has 1 aromatic heterocycles. The molecule has 0 aliphatic carbocycles. The van der Waals surface area contributed by atoms with Crippen LogP contribution >= 0.6 is 22.6 Å². The van der Waals surface area contributed by atoms with Crippen molar-refractivity contribution in [1.29, 1.82) is 0 Å². The number of amides is 2. The third-order valence-electron chi connectivity index (χ3n) is 4.52. The maximum Gasteiger partial charge on any atom is 0.260 e. The van der Waals surface area contributed by atoms with E-state index in [9.17, 15) is 19.1 Å². The summed E-state index contributed by atoms with van der Waals surface area (Å²) in [5.41, 5.74) is 2.30. The molecule has 2 amide bonds. The topological polar surface area (TPSA) is 91.6 Å². The van der Waals surface area contributed by atoms with Crippen LogP contribution in [0.3, 0.4) is 0 Å². The number of benzene rings is 2. The second kappa shape index (κ2) is 7.70. The molecule has 0 saturated carbocycles. The van der Waals surface area contributed by atoms with Gasteiger partial charge in [-0.3, -0.25) is 14.9 Å². The minimum atomic E-state index is -0.532. The normalized spacial score (nSPS) is 14.6. The van der Waals surface area contributed by atoms with Crippen LogP contribution in [0.1, 0.15) is 21.5 Å². The van der Waals surface area contributed by atoms with Gasteiger partial charge in [0.15, 0.2) is 0 Å². The van der Waals surface area contributed by atoms with E-state index in [-0.39, 0.29) is 23.4 Å². The maximum absolute atomic E-state index is 14.5. The zero-order chi connectivity index (χ0) is 20.5. The Morgan fingerprint density at radius 3 is 2.69 bits per heavy atom. The molecule has 2 heterocycles. The van der Waals surface area contributed by atoms with E-state index in [0.29, 0.717) is 22.3 Å². The summed E-state index contributed by atoms with van der Waals surface area (Å²) in [6.07, 6.45) is 4.29. The Balaban J connectivity index is 1.59. The Morgan fingerprint density at radius 1 is 1.10 bits per heavy atom. The van der Waals surface area contributed by atoms with E-state index in [1.165, 1.54) is 30.9 Å². The van der Waals surface area contributed by atoms with Gasteiger partial charge in [-0.25, -0.2) is 4.39 Å². The fraction of sp³-hybridized carbons (Fsp3) is 0.0476. The molecule has 3 aromatic rings. The third-order valence-corrected chi connectivity index (χ3v) is 5.19. The molecule has 0 unspecified atom stereocenters. The number of furan rings is 1. The Labute approximate surface area is 178 Å². The van der Waals surface area contributed by atoms with Crippen LogP contribution in [0.15, 0.2) is 59.5 Å². The van der Waals surface area contributed by atoms with Crippen LogP contribution in [0, 0.1) is 9.39 Å². The van der Waals surface area contributed by atoms with E-state index >= 15 is 0 Å². The fourth-order valence-corrected chi connectivity index (χ4v) is 3.58. The molecule has 146 valence electrons. The van der Waals surface area contributed by atoms with Gasteiger partial charge in [-0.05, 0) is 59.0 Å². The van der Waals surface area contributed by atoms with E-state index in [1.807, 2.05) is 0 Å². The standard InChI is InChI=1S/C21H14FIN2O4/c22-18-7-15(11-3-4-29-10-11)19(26)5-12(18)8-24-9-17-16-6-13(23)1-2-14(16)20(27)25-21(17)28/h1-7,9-10,24,26H,8H2,(H,25,27,28). The van der Waals surface area contributed by atoms with Gasteiger partial charge >= 0.3 is 0 Å². The molecule has 3 N–H and O–H groups in total. The molecule has 2 aromatic carbocycles. The summed E-state index contributed by atoms with van der Waals surface area (Å²) in [6.45, 7) is 0.0368. The van der Waals surface area contributed by atoms with Gasteiger partial charge in [0.1, 0.15) is 11.6 Å². The zero-order valence-corrected chi connectivity index (χ0v) is 17.0. The highest BCUT2D eigenvalue weighted by Gasteiger charge is 2.27. The SMILES string of the molecule is O=C1NC(=O)c2ccc(I)cc2C1=CNCc1cc(O)c(-c2ccoc2)cc1F. The van der Waals surface area contributed by atoms with Crippen molar-refractivity contribution in [3.63, 3.8) is 0 Å². The first-order valence-electron chi connectivity index (χ1n) is 8.57. The van der Waals surface area contributed by atoms with Gasteiger partial charge in [0.05, 0.1) is 18.1 Å². The minimum absolute atomic E-state index is 0.0368. The summed E-state index contributed by atoms with van der Waals surface area (Å²) < 4.78 is 20.3. The van der Waals surface area contributed by atoms with Crippen molar-refractivity contribution in [2.45, 2.75) is 6.54 Å². The van der Waals surface area contributed by atoms with Crippen LogP contribution in [0.2, 0.25) is 0 Å². The predicted octanol–water partition coefficient (Wildman–Crippen LogP) is 3.80. The largest absolute Gasteiger partial charge is 0.507 e. The first-order valence-corrected chi connectivity index (χ1v) is 9.65. The summed E-state index contributed by atoms with van der Waals surface area (Å²) in [5.74, 6) is -1.58. The lowest BCUT2D eigenvalue weighted by atomic mass is 9.95. The van der Waals surface area contributed by atoms with Crippen molar-refractivity contribution < 1.29 is 23.5 Å². The summed E-state index contributed by atoms with van der Waals surface area (Å²) in [6, 6.07) is 9.35. The van der Waals surface area contributed by atoms with Crippen molar-refractivity contribution in [3.05, 3.63) is 81.2 Å². The Kier molecular flexibility index (Phi) is 5.10. The summed E-state index contributed by atoms with van der Waals surface area (Å²) in [7, 11) is 0. The number of phenolic OH excluding ortho intramolecular Hbond substituents is 1. The molecule has 0 radical (unpaired) electrons. The predicted molar refractivity (Wildman–Crippen MR) is 112 cm³/mol. The number of nitrogens with one attached hydrogen (secondary N) is 2. The van der Waals surface area contributed by atoms with Gasteiger partial charge < -0.3 is 14.8 Å². The number of rotatable bonds is 4. The van der Waals surface area contributed by atoms with E-state index < -0.39 is 17.6 Å². The Bertz CT molecular complexity index is 1160. The highest BCUT2D eigenvalue weighted by Crippen LogP contribution is 2.32. The second-order valence-electron chi connectivity index (χ2n) is 6.38. The third kappa shape index (κ3) is 3.75. The van der Waals surface area contributed by atoms with E-state index in [4.69, 9.17) is 4.42 Å². The molecule has 1 aliphatic heterocycles. The monoisotopic (exact) mass is 504 g/mol. The fourth-order valence-electron chi connectivity index (χ4n) is 3.09. The Hall–Kier alpha value is -3.14. The Morgan fingerprint density at radius 2 is 1.93 bits per heavy atom. The number of fused-ring (bicyclic) bond motifs is 1. The number of carbonyl (C=O) groups is 2. The van der Waals surface area contributed by atoms with Crippen LogP contribution in [0.4, 0.5) is 4.39 Å². The zero-order valence-electron chi connectivity index (χ0n) is 14.8. The van der Waals surface area contributed by atoms with E-state index in [0.717, 1.165) is 3.57 Å². The van der Waals surface area contributed by atoms with Crippen LogP contribution in [-0.4, -0.2) is 16.9 Å². The van der Waals surface area contributed by atoms with Gasteiger partial charge in [-0.1, -0.05) is 0 Å². The molecule has 8 heteroatoms. The highest BCUT2D eigenvalue weighted by molar-refractivity contribution is 14.1. The number of carbonyl (C=O) groups excluding carboxylic acids is 2. The number of hydrogen-bond acceptors (Lipinski definition) is 5. The molecular weight excluding hydrogens is 490 g/mol. The number of imide groups is 1. The smallest absolute Gasteiger partial charge is 0.260 e. The van der Waals surface area contributed by atoms with Crippen molar-refractivity contribution in [2.75, 3.05) is 0 Å². The van der Waals surface area contributed by atoms with Crippen molar-refractivity contribution >= 4 is 40.0 Å². The van der Waals surface area contributed by atoms with E-state index in [1.54, 1.807) is 24.3 Å². The molecule has 0 saturated heterocycles. The first-order chi connectivity index (χ1) is 13.9. The highest BCUT2D eigenvalue weighted by atomic mass is 127.